The molecule has 0 unspecified atom stereocenters. The highest BCUT2D eigenvalue weighted by Crippen LogP contribution is 2.29. The van der Waals surface area contributed by atoms with E-state index in [1.54, 1.807) is 24.6 Å². The number of anilines is 2. The van der Waals surface area contributed by atoms with Gasteiger partial charge in [0.15, 0.2) is 0 Å². The Morgan fingerprint density at radius 2 is 2.07 bits per heavy atom. The number of nitrogen functional groups attached to an aromatic ring is 1. The van der Waals surface area contributed by atoms with Crippen molar-refractivity contribution in [2.24, 2.45) is 0 Å². The molecule has 0 spiro atoms. The summed E-state index contributed by atoms with van der Waals surface area (Å²) in [6.07, 6.45) is 3.52. The van der Waals surface area contributed by atoms with Crippen molar-refractivity contribution in [1.82, 2.24) is 4.98 Å². The number of fused-ring (bicyclic) bond motifs is 1. The molecule has 0 radical (unpaired) electrons. The van der Waals surface area contributed by atoms with E-state index in [0.717, 1.165) is 22.1 Å². The summed E-state index contributed by atoms with van der Waals surface area (Å²) in [4.78, 5) is 9.24. The SMILES string of the molecule is CON(C)c1ccc(N)c2ccncc12. The van der Waals surface area contributed by atoms with Crippen LogP contribution in [0.5, 0.6) is 0 Å². The smallest absolute Gasteiger partial charge is 0.0728 e. The first-order valence-corrected chi connectivity index (χ1v) is 4.64. The zero-order valence-electron chi connectivity index (χ0n) is 8.77. The molecule has 0 saturated heterocycles. The van der Waals surface area contributed by atoms with Crippen LogP contribution in [0, 0.1) is 0 Å². The fraction of sp³-hybridized carbons (Fsp3) is 0.182. The highest BCUT2D eigenvalue weighted by Gasteiger charge is 2.07. The van der Waals surface area contributed by atoms with Gasteiger partial charge in [0.05, 0.1) is 12.8 Å². The average molecular weight is 203 g/mol. The van der Waals surface area contributed by atoms with Crippen molar-refractivity contribution in [1.29, 1.82) is 0 Å². The molecule has 0 aliphatic heterocycles. The lowest BCUT2D eigenvalue weighted by molar-refractivity contribution is 0.185. The number of hydrogen-bond donors (Lipinski definition) is 1. The van der Waals surface area contributed by atoms with Gasteiger partial charge in [-0.2, -0.15) is 0 Å². The number of pyridine rings is 1. The van der Waals surface area contributed by atoms with E-state index in [0.29, 0.717) is 0 Å². The summed E-state index contributed by atoms with van der Waals surface area (Å²) < 4.78 is 0. The summed E-state index contributed by atoms with van der Waals surface area (Å²) in [7, 11) is 3.47. The molecular formula is C11H13N3O. The maximum atomic E-state index is 5.88. The predicted molar refractivity (Wildman–Crippen MR) is 61.6 cm³/mol. The number of rotatable bonds is 2. The van der Waals surface area contributed by atoms with Crippen LogP contribution in [-0.4, -0.2) is 19.1 Å². The molecule has 1 heterocycles. The van der Waals surface area contributed by atoms with Gasteiger partial charge in [-0.15, -0.1) is 0 Å². The molecule has 2 N–H and O–H groups in total. The van der Waals surface area contributed by atoms with Crippen molar-refractivity contribution in [3.05, 3.63) is 30.6 Å². The second-order valence-corrected chi connectivity index (χ2v) is 3.28. The van der Waals surface area contributed by atoms with Gasteiger partial charge < -0.3 is 5.73 Å². The van der Waals surface area contributed by atoms with Gasteiger partial charge in [0.2, 0.25) is 0 Å². The Bertz CT molecular complexity index is 484. The Kier molecular flexibility index (Phi) is 2.43. The third-order valence-corrected chi connectivity index (χ3v) is 2.44. The minimum Gasteiger partial charge on any atom is -0.398 e. The molecule has 0 aliphatic rings. The normalized spacial score (nSPS) is 10.5. The van der Waals surface area contributed by atoms with Crippen molar-refractivity contribution in [2.45, 2.75) is 0 Å². The van der Waals surface area contributed by atoms with Gasteiger partial charge in [-0.25, -0.2) is 0 Å². The number of nitrogens with two attached hydrogens (primary N) is 1. The van der Waals surface area contributed by atoms with Gasteiger partial charge in [0.1, 0.15) is 0 Å². The van der Waals surface area contributed by atoms with Crippen LogP contribution in [0.1, 0.15) is 0 Å². The van der Waals surface area contributed by atoms with E-state index in [1.807, 2.05) is 25.2 Å². The topological polar surface area (TPSA) is 51.4 Å². The molecule has 1 aromatic heterocycles. The molecule has 0 bridgehead atoms. The lowest BCUT2D eigenvalue weighted by Gasteiger charge is -2.18. The van der Waals surface area contributed by atoms with Crippen molar-refractivity contribution in [3.8, 4) is 0 Å². The number of nitrogens with zero attached hydrogens (tertiary/aromatic N) is 2. The van der Waals surface area contributed by atoms with Crippen LogP contribution in [0.25, 0.3) is 10.8 Å². The van der Waals surface area contributed by atoms with Gasteiger partial charge in [-0.1, -0.05) is 0 Å². The van der Waals surface area contributed by atoms with Gasteiger partial charge in [-0.05, 0) is 18.2 Å². The van der Waals surface area contributed by atoms with E-state index in [2.05, 4.69) is 4.98 Å². The fourth-order valence-corrected chi connectivity index (χ4v) is 1.57. The maximum absolute atomic E-state index is 5.88. The standard InChI is InChI=1S/C11H13N3O/c1-14(15-2)11-4-3-10(12)8-5-6-13-7-9(8)11/h3-7H,12H2,1-2H3. The van der Waals surface area contributed by atoms with Crippen LogP contribution in [0.2, 0.25) is 0 Å². The van der Waals surface area contributed by atoms with E-state index < -0.39 is 0 Å². The Morgan fingerprint density at radius 1 is 1.27 bits per heavy atom. The Hall–Kier alpha value is -1.81. The first kappa shape index (κ1) is 9.73. The second-order valence-electron chi connectivity index (χ2n) is 3.28. The molecule has 0 aliphatic carbocycles. The minimum absolute atomic E-state index is 0.751. The third kappa shape index (κ3) is 1.59. The summed E-state index contributed by atoms with van der Waals surface area (Å²) in [5, 5.41) is 3.66. The molecular weight excluding hydrogens is 190 g/mol. The summed E-state index contributed by atoms with van der Waals surface area (Å²) >= 11 is 0. The highest BCUT2D eigenvalue weighted by molar-refractivity contribution is 6.00. The summed E-state index contributed by atoms with van der Waals surface area (Å²) in [5.74, 6) is 0. The first-order valence-electron chi connectivity index (χ1n) is 4.64. The van der Waals surface area contributed by atoms with Gasteiger partial charge in [-0.3, -0.25) is 14.9 Å². The lowest BCUT2D eigenvalue weighted by Crippen LogP contribution is -2.15. The fourth-order valence-electron chi connectivity index (χ4n) is 1.57. The van der Waals surface area contributed by atoms with Gasteiger partial charge in [0, 0.05) is 35.9 Å². The number of benzene rings is 1. The van der Waals surface area contributed by atoms with Crippen LogP contribution in [0.4, 0.5) is 11.4 Å². The highest BCUT2D eigenvalue weighted by atomic mass is 16.7. The molecule has 4 nitrogen and oxygen atoms in total. The average Bonchev–Trinajstić information content (AvgIpc) is 2.29. The van der Waals surface area contributed by atoms with Gasteiger partial charge >= 0.3 is 0 Å². The quantitative estimate of drug-likeness (QED) is 0.597. The van der Waals surface area contributed by atoms with Crippen LogP contribution >= 0.6 is 0 Å². The van der Waals surface area contributed by atoms with Crippen molar-refractivity contribution in [2.75, 3.05) is 25.0 Å². The molecule has 0 saturated carbocycles. The lowest BCUT2D eigenvalue weighted by atomic mass is 10.1. The summed E-state index contributed by atoms with van der Waals surface area (Å²) in [5.41, 5.74) is 7.58. The third-order valence-electron chi connectivity index (χ3n) is 2.44. The molecule has 15 heavy (non-hydrogen) atoms. The zero-order chi connectivity index (χ0) is 10.8. The number of hydrogen-bond acceptors (Lipinski definition) is 4. The summed E-state index contributed by atoms with van der Waals surface area (Å²) in [6, 6.07) is 5.69. The Balaban J connectivity index is 2.71. The molecule has 0 fully saturated rings. The van der Waals surface area contributed by atoms with Gasteiger partial charge in [0.25, 0.3) is 0 Å². The molecule has 1 aromatic carbocycles. The predicted octanol–water partition coefficient (Wildman–Crippen LogP) is 1.81. The van der Waals surface area contributed by atoms with E-state index in [-0.39, 0.29) is 0 Å². The van der Waals surface area contributed by atoms with E-state index in [9.17, 15) is 0 Å². The Morgan fingerprint density at radius 3 is 2.80 bits per heavy atom. The largest absolute Gasteiger partial charge is 0.398 e. The van der Waals surface area contributed by atoms with Crippen LogP contribution in [0.3, 0.4) is 0 Å². The van der Waals surface area contributed by atoms with Crippen LogP contribution in [0.15, 0.2) is 30.6 Å². The maximum Gasteiger partial charge on any atom is 0.0728 e. The molecule has 2 rings (SSSR count). The number of hydroxylamine groups is 1. The monoisotopic (exact) mass is 203 g/mol. The molecule has 4 heteroatoms. The number of aromatic nitrogens is 1. The van der Waals surface area contributed by atoms with Crippen molar-refractivity contribution >= 4 is 22.1 Å². The Labute approximate surface area is 88.2 Å². The van der Waals surface area contributed by atoms with Crippen molar-refractivity contribution < 1.29 is 4.84 Å². The molecule has 78 valence electrons. The molecule has 0 atom stereocenters. The van der Waals surface area contributed by atoms with E-state index in [1.165, 1.54) is 0 Å². The van der Waals surface area contributed by atoms with Crippen molar-refractivity contribution in [3.63, 3.8) is 0 Å². The van der Waals surface area contributed by atoms with E-state index in [4.69, 9.17) is 10.6 Å². The zero-order valence-corrected chi connectivity index (χ0v) is 8.77. The molecule has 2 aromatic rings. The summed E-state index contributed by atoms with van der Waals surface area (Å²) in [6.45, 7) is 0. The first-order chi connectivity index (χ1) is 7.24. The van der Waals surface area contributed by atoms with Crippen LogP contribution < -0.4 is 10.8 Å². The van der Waals surface area contributed by atoms with E-state index >= 15 is 0 Å². The minimum atomic E-state index is 0.751. The molecule has 0 amide bonds. The van der Waals surface area contributed by atoms with Crippen LogP contribution in [-0.2, 0) is 4.84 Å². The second kappa shape index (κ2) is 3.74.